The van der Waals surface area contributed by atoms with Crippen molar-refractivity contribution in [1.82, 2.24) is 50.8 Å². The van der Waals surface area contributed by atoms with E-state index < -0.39 is 65.3 Å². The van der Waals surface area contributed by atoms with Crippen LogP contribution in [0.1, 0.15) is 100 Å². The van der Waals surface area contributed by atoms with E-state index in [1.165, 1.54) is 34.2 Å². The third-order valence-electron chi connectivity index (χ3n) is 9.95. The predicted octanol–water partition coefficient (Wildman–Crippen LogP) is 0.732. The number of primary amides is 1. The Morgan fingerprint density at radius 2 is 1.74 bits per heavy atom. The van der Waals surface area contributed by atoms with Crippen molar-refractivity contribution < 1.29 is 39.0 Å². The van der Waals surface area contributed by atoms with Gasteiger partial charge in [0.2, 0.25) is 17.6 Å². The topological polar surface area (TPSA) is 278 Å². The highest BCUT2D eigenvalue weighted by Crippen LogP contribution is 2.33. The normalized spacial score (nSPS) is 18.8. The summed E-state index contributed by atoms with van der Waals surface area (Å²) in [5, 5.41) is 35.6. The molecule has 2 aliphatic rings. The van der Waals surface area contributed by atoms with Crippen LogP contribution in [0, 0.1) is 5.92 Å². The number of hydrogen-bond acceptors (Lipinski definition) is 12. The van der Waals surface area contributed by atoms with Crippen LogP contribution in [0.15, 0.2) is 30.7 Å². The number of aromatic nitrogens is 6. The van der Waals surface area contributed by atoms with Gasteiger partial charge >= 0.3 is 6.09 Å². The van der Waals surface area contributed by atoms with Gasteiger partial charge in [-0.25, -0.2) is 19.4 Å². The molecule has 3 aromatic heterocycles. The molecule has 2 unspecified atom stereocenters. The summed E-state index contributed by atoms with van der Waals surface area (Å²) in [5.74, 6) is -4.08. The van der Waals surface area contributed by atoms with Crippen LogP contribution >= 0.6 is 0 Å². The molecule has 0 aromatic carbocycles. The van der Waals surface area contributed by atoms with E-state index in [1.54, 1.807) is 19.9 Å². The maximum atomic E-state index is 14.7. The molecule has 1 aliphatic heterocycles. The summed E-state index contributed by atoms with van der Waals surface area (Å²) in [7, 11) is 0. The fraction of sp³-hybridized carbons (Fsp3) is 0.571. The molecule has 19 heteroatoms. The Balaban J connectivity index is 1.44. The number of Topliss-reactive ketones (excluding diaryl/α,β-unsaturated/α-hetero) is 1. The summed E-state index contributed by atoms with van der Waals surface area (Å²) < 4.78 is 1.46. The van der Waals surface area contributed by atoms with Crippen LogP contribution in [-0.4, -0.2) is 112 Å². The summed E-state index contributed by atoms with van der Waals surface area (Å²) in [6.45, 7) is 3.14. The second-order valence-corrected chi connectivity index (χ2v) is 14.4. The average Bonchev–Trinajstić information content (AvgIpc) is 3.82. The summed E-state index contributed by atoms with van der Waals surface area (Å²) in [6.07, 6.45) is 8.77. The van der Waals surface area contributed by atoms with Gasteiger partial charge in [-0.3, -0.25) is 29.0 Å². The first-order chi connectivity index (χ1) is 25.7. The van der Waals surface area contributed by atoms with E-state index in [2.05, 4.69) is 41.2 Å². The Morgan fingerprint density at radius 3 is 2.44 bits per heavy atom. The number of aliphatic hydroxyl groups is 1. The highest BCUT2D eigenvalue weighted by Gasteiger charge is 2.45. The molecule has 2 fully saturated rings. The van der Waals surface area contributed by atoms with Crippen molar-refractivity contribution in [2.75, 3.05) is 13.1 Å². The lowest BCUT2D eigenvalue weighted by atomic mass is 9.84. The molecule has 4 atom stereocenters. The SMILES string of the molecule is CC(C)(O)c1cnnn1[C@H]1C[C@@H](C(=O)NC(CCCCNC(=O)O)C(=O)C(N)=O)N(C(=O)C(CC2CCCCC2)NC(=O)c2ccc3nccnc3n2)C1. The molecule has 1 aliphatic carbocycles. The highest BCUT2D eigenvalue weighted by atomic mass is 16.4. The maximum Gasteiger partial charge on any atom is 0.404 e. The Kier molecular flexibility index (Phi) is 12.8. The molecule has 290 valence electrons. The van der Waals surface area contributed by atoms with Crippen LogP contribution in [0.25, 0.3) is 11.2 Å². The maximum absolute atomic E-state index is 14.7. The zero-order valence-corrected chi connectivity index (χ0v) is 30.3. The second-order valence-electron chi connectivity index (χ2n) is 14.4. The summed E-state index contributed by atoms with van der Waals surface area (Å²) in [5.41, 5.74) is 5.07. The quantitative estimate of drug-likeness (QED) is 0.0872. The fourth-order valence-electron chi connectivity index (χ4n) is 7.20. The smallest absolute Gasteiger partial charge is 0.404 e. The molecule has 3 aromatic rings. The minimum absolute atomic E-state index is 0.000971. The van der Waals surface area contributed by atoms with E-state index in [4.69, 9.17) is 10.8 Å². The zero-order chi connectivity index (χ0) is 39.0. The molecule has 5 rings (SSSR count). The number of unbranched alkanes of at least 4 members (excludes halogenated alkanes) is 1. The molecule has 1 saturated heterocycles. The van der Waals surface area contributed by atoms with Crippen molar-refractivity contribution in [3.05, 3.63) is 42.1 Å². The number of nitrogens with two attached hydrogens (primary N) is 1. The first-order valence-corrected chi connectivity index (χ1v) is 18.2. The van der Waals surface area contributed by atoms with Crippen LogP contribution in [0.5, 0.6) is 0 Å². The number of carboxylic acid groups (broad SMARTS) is 1. The van der Waals surface area contributed by atoms with E-state index in [-0.39, 0.29) is 49.6 Å². The van der Waals surface area contributed by atoms with Crippen molar-refractivity contribution in [1.29, 1.82) is 0 Å². The van der Waals surface area contributed by atoms with Gasteiger partial charge in [0.05, 0.1) is 24.0 Å². The van der Waals surface area contributed by atoms with E-state index in [0.717, 1.165) is 32.1 Å². The number of carbonyl (C=O) groups is 6. The first-order valence-electron chi connectivity index (χ1n) is 18.2. The van der Waals surface area contributed by atoms with Gasteiger partial charge in [-0.1, -0.05) is 37.3 Å². The summed E-state index contributed by atoms with van der Waals surface area (Å²) >= 11 is 0. The number of fused-ring (bicyclic) bond motifs is 1. The van der Waals surface area contributed by atoms with Gasteiger partial charge in [-0.2, -0.15) is 0 Å². The molecule has 54 heavy (non-hydrogen) atoms. The lowest BCUT2D eigenvalue weighted by molar-refractivity contribution is -0.142. The molecule has 5 amide bonds. The third-order valence-corrected chi connectivity index (χ3v) is 9.95. The Bertz CT molecular complexity index is 1860. The fourth-order valence-corrected chi connectivity index (χ4v) is 7.20. The number of likely N-dealkylation sites (tertiary alicyclic amines) is 1. The molecule has 0 spiro atoms. The second kappa shape index (κ2) is 17.5. The van der Waals surface area contributed by atoms with Gasteiger partial charge in [0.15, 0.2) is 5.65 Å². The average molecular weight is 750 g/mol. The number of amides is 5. The summed E-state index contributed by atoms with van der Waals surface area (Å²) in [4.78, 5) is 92.3. The van der Waals surface area contributed by atoms with Crippen LogP contribution in [-0.2, 0) is 24.8 Å². The van der Waals surface area contributed by atoms with Crippen LogP contribution in [0.2, 0.25) is 0 Å². The lowest BCUT2D eigenvalue weighted by Gasteiger charge is -2.32. The number of carbonyl (C=O) groups excluding carboxylic acids is 5. The van der Waals surface area contributed by atoms with E-state index >= 15 is 0 Å². The van der Waals surface area contributed by atoms with Crippen LogP contribution < -0.4 is 21.7 Å². The standard InChI is InChI=1S/C35H47N11O8/c1-35(2,54)27-18-40-44-46(27)21-17-26(32(50)42-22(28(47)29(36)48)10-6-7-13-39-34(52)53)45(19-21)33(51)25(16-20-8-4-3-5-9-20)43-31(49)24-12-11-23-30(41-24)38-15-14-37-23/h11-12,14-15,18,20-22,25-26,39,54H,3-10,13,16-17,19H2,1-2H3,(H2,36,48)(H,42,50)(H,43,49)(H,52,53)/t21-,22?,25?,26-/m0/s1. The molecular weight excluding hydrogens is 702 g/mol. The lowest BCUT2D eigenvalue weighted by Crippen LogP contribution is -2.56. The minimum atomic E-state index is -1.37. The van der Waals surface area contributed by atoms with Gasteiger partial charge < -0.3 is 36.8 Å². The molecule has 7 N–H and O–H groups in total. The molecule has 0 bridgehead atoms. The molecule has 1 saturated carbocycles. The van der Waals surface area contributed by atoms with E-state index in [1.807, 2.05) is 0 Å². The van der Waals surface area contributed by atoms with Crippen LogP contribution in [0.4, 0.5) is 4.79 Å². The van der Waals surface area contributed by atoms with Crippen molar-refractivity contribution >= 4 is 46.7 Å². The van der Waals surface area contributed by atoms with Gasteiger partial charge in [0.1, 0.15) is 28.9 Å². The number of ketones is 1. The molecule has 0 radical (unpaired) electrons. The van der Waals surface area contributed by atoms with E-state index in [9.17, 15) is 33.9 Å². The zero-order valence-electron chi connectivity index (χ0n) is 30.3. The molecule has 19 nitrogen and oxygen atoms in total. The Labute approximate surface area is 310 Å². The van der Waals surface area contributed by atoms with Gasteiger partial charge in [0.25, 0.3) is 11.8 Å². The first kappa shape index (κ1) is 39.6. The number of hydrogen-bond donors (Lipinski definition) is 6. The van der Waals surface area contributed by atoms with Crippen molar-refractivity contribution in [3.8, 4) is 0 Å². The van der Waals surface area contributed by atoms with Crippen molar-refractivity contribution in [2.45, 2.75) is 108 Å². The molecular formula is C35H47N11O8. The largest absolute Gasteiger partial charge is 0.465 e. The number of rotatable bonds is 16. The monoisotopic (exact) mass is 749 g/mol. The number of nitrogens with zero attached hydrogens (tertiary/aromatic N) is 7. The highest BCUT2D eigenvalue weighted by molar-refractivity contribution is 6.37. The minimum Gasteiger partial charge on any atom is -0.465 e. The van der Waals surface area contributed by atoms with Crippen LogP contribution in [0.3, 0.4) is 0 Å². The van der Waals surface area contributed by atoms with Gasteiger partial charge in [-0.05, 0) is 57.6 Å². The van der Waals surface area contributed by atoms with Gasteiger partial charge in [0, 0.05) is 31.9 Å². The Morgan fingerprint density at radius 1 is 1.00 bits per heavy atom. The predicted molar refractivity (Wildman–Crippen MR) is 190 cm³/mol. The third kappa shape index (κ3) is 9.88. The Hall–Kier alpha value is -5.59. The molecule has 4 heterocycles. The number of nitrogens with one attached hydrogen (secondary N) is 3. The summed E-state index contributed by atoms with van der Waals surface area (Å²) in [6, 6.07) is -1.14. The number of pyridine rings is 1. The van der Waals surface area contributed by atoms with Gasteiger partial charge in [-0.15, -0.1) is 5.10 Å². The van der Waals surface area contributed by atoms with Crippen molar-refractivity contribution in [3.63, 3.8) is 0 Å². The van der Waals surface area contributed by atoms with E-state index in [0.29, 0.717) is 24.1 Å². The van der Waals surface area contributed by atoms with Crippen molar-refractivity contribution in [2.24, 2.45) is 11.7 Å².